The molecule has 0 saturated carbocycles. The molecule has 0 aromatic heterocycles. The zero-order valence-electron chi connectivity index (χ0n) is 13.2. The summed E-state index contributed by atoms with van der Waals surface area (Å²) in [5.74, 6) is 0. The van der Waals surface area contributed by atoms with E-state index in [2.05, 4.69) is 75.4 Å². The molecule has 0 saturated heterocycles. The Labute approximate surface area is 150 Å². The predicted octanol–water partition coefficient (Wildman–Crippen LogP) is 6.46. The second-order valence-corrected chi connectivity index (χ2v) is 9.02. The van der Waals surface area contributed by atoms with E-state index in [-0.39, 0.29) is 5.41 Å². The van der Waals surface area contributed by atoms with Gasteiger partial charge in [0.2, 0.25) is 0 Å². The quantitative estimate of drug-likeness (QED) is 0.508. The number of hydrogen-bond acceptors (Lipinski definition) is 0. The van der Waals surface area contributed by atoms with Gasteiger partial charge >= 0.3 is 35.6 Å². The van der Waals surface area contributed by atoms with Crippen LogP contribution in [0.25, 0.3) is 11.6 Å². The minimum atomic E-state index is -0.556. The van der Waals surface area contributed by atoms with Gasteiger partial charge in [0.1, 0.15) is 0 Å². The van der Waals surface area contributed by atoms with Gasteiger partial charge in [0.05, 0.1) is 0 Å². The minimum absolute atomic E-state index is 0.228. The van der Waals surface area contributed by atoms with Crippen molar-refractivity contribution < 1.29 is 17.0 Å². The molecule has 0 nitrogen and oxygen atoms in total. The standard InChI is InChI=1S/C19H20.2ClH.Ti/c1-19(2,3)18-10-8-14(9-11-18)17-12-15-6-4-5-7-16(15)13-17;;;/h4-12H,13H2,1-3H3;2*1H;/q;;;+2/p-2. The van der Waals surface area contributed by atoms with Crippen LogP contribution in [0.1, 0.15) is 43.0 Å². The molecule has 0 spiro atoms. The van der Waals surface area contributed by atoms with Crippen LogP contribution in [0.4, 0.5) is 0 Å². The van der Waals surface area contributed by atoms with E-state index in [1.165, 1.54) is 27.8 Å². The number of halogens is 2. The van der Waals surface area contributed by atoms with Gasteiger partial charge in [0.15, 0.2) is 0 Å². The van der Waals surface area contributed by atoms with Crippen LogP contribution in [-0.4, -0.2) is 0 Å². The fraction of sp³-hybridized carbons (Fsp3) is 0.263. The second kappa shape index (κ2) is 7.84. The van der Waals surface area contributed by atoms with E-state index in [9.17, 15) is 0 Å². The van der Waals surface area contributed by atoms with Gasteiger partial charge in [-0.1, -0.05) is 75.4 Å². The Hall–Kier alpha value is -0.526. The molecule has 114 valence electrons. The van der Waals surface area contributed by atoms with Gasteiger partial charge in [-0.3, -0.25) is 0 Å². The van der Waals surface area contributed by atoms with Crippen LogP contribution in [0.3, 0.4) is 0 Å². The Balaban J connectivity index is 0.000000545. The molecule has 1 aliphatic rings. The maximum atomic E-state index is 4.89. The zero-order valence-corrected chi connectivity index (χ0v) is 16.2. The monoisotopic (exact) mass is 366 g/mol. The Morgan fingerprint density at radius 1 is 0.909 bits per heavy atom. The molecule has 3 rings (SSSR count). The number of fused-ring (bicyclic) bond motifs is 1. The van der Waals surface area contributed by atoms with Crippen LogP contribution in [0, 0.1) is 0 Å². The molecule has 0 N–H and O–H groups in total. The van der Waals surface area contributed by atoms with Crippen LogP contribution in [0.2, 0.25) is 0 Å². The van der Waals surface area contributed by atoms with Gasteiger partial charge in [-0.25, -0.2) is 0 Å². The second-order valence-electron chi connectivity index (χ2n) is 6.44. The molecule has 0 unspecified atom stereocenters. The number of benzene rings is 2. The van der Waals surface area contributed by atoms with E-state index in [0.717, 1.165) is 6.42 Å². The van der Waals surface area contributed by atoms with E-state index >= 15 is 0 Å². The molecule has 0 radical (unpaired) electrons. The summed E-state index contributed by atoms with van der Waals surface area (Å²) < 4.78 is 0. The van der Waals surface area contributed by atoms with Crippen molar-refractivity contribution in [2.45, 2.75) is 32.6 Å². The predicted molar refractivity (Wildman–Crippen MR) is 94.9 cm³/mol. The molecule has 0 bridgehead atoms. The average molecular weight is 367 g/mol. The molecule has 2 aromatic rings. The third-order valence-electron chi connectivity index (χ3n) is 3.89. The molecule has 3 heteroatoms. The Morgan fingerprint density at radius 3 is 2.05 bits per heavy atom. The van der Waals surface area contributed by atoms with Gasteiger partial charge in [-0.15, -0.1) is 0 Å². The molecule has 0 atom stereocenters. The Bertz CT molecular complexity index is 652. The first kappa shape index (κ1) is 17.8. The molecule has 22 heavy (non-hydrogen) atoms. The Kier molecular flexibility index (Phi) is 6.35. The van der Waals surface area contributed by atoms with Crippen LogP contribution < -0.4 is 0 Å². The SMILES string of the molecule is CC(C)(C)c1ccc(C2=Cc3ccccc3C2)cc1.[Cl][Ti][Cl]. The van der Waals surface area contributed by atoms with E-state index in [0.29, 0.717) is 0 Å². The third-order valence-corrected chi connectivity index (χ3v) is 3.89. The van der Waals surface area contributed by atoms with E-state index in [4.69, 9.17) is 18.6 Å². The van der Waals surface area contributed by atoms with Gasteiger partial charge in [-0.05, 0) is 39.7 Å². The van der Waals surface area contributed by atoms with Crippen molar-refractivity contribution in [2.75, 3.05) is 0 Å². The third kappa shape index (κ3) is 4.49. The van der Waals surface area contributed by atoms with Crippen molar-refractivity contribution in [2.24, 2.45) is 0 Å². The maximum absolute atomic E-state index is 4.89. The molecule has 0 aliphatic heterocycles. The number of rotatable bonds is 1. The molecule has 0 amide bonds. The van der Waals surface area contributed by atoms with Crippen LogP contribution in [0.15, 0.2) is 48.5 Å². The van der Waals surface area contributed by atoms with Crippen molar-refractivity contribution >= 4 is 30.3 Å². The van der Waals surface area contributed by atoms with Crippen molar-refractivity contribution in [3.05, 3.63) is 70.8 Å². The fourth-order valence-electron chi connectivity index (χ4n) is 2.65. The van der Waals surface area contributed by atoms with E-state index in [1.54, 1.807) is 0 Å². The van der Waals surface area contributed by atoms with Crippen molar-refractivity contribution in [1.29, 1.82) is 0 Å². The van der Waals surface area contributed by atoms with Crippen LogP contribution >= 0.6 is 18.6 Å². The topological polar surface area (TPSA) is 0 Å². The summed E-state index contributed by atoms with van der Waals surface area (Å²) in [6.45, 7) is 6.77. The first-order chi connectivity index (χ1) is 10.5. The summed E-state index contributed by atoms with van der Waals surface area (Å²) in [5.41, 5.74) is 7.22. The Morgan fingerprint density at radius 2 is 1.50 bits per heavy atom. The summed E-state index contributed by atoms with van der Waals surface area (Å²) in [7, 11) is 9.78. The number of allylic oxidation sites excluding steroid dienone is 1. The van der Waals surface area contributed by atoms with Crippen molar-refractivity contribution in [3.8, 4) is 0 Å². The zero-order chi connectivity index (χ0) is 16.2. The molecule has 2 aromatic carbocycles. The molecular formula is C19H20Cl2Ti. The van der Waals surface area contributed by atoms with Gasteiger partial charge in [0, 0.05) is 0 Å². The van der Waals surface area contributed by atoms with Gasteiger partial charge in [0.25, 0.3) is 0 Å². The summed E-state index contributed by atoms with van der Waals surface area (Å²) in [6, 6.07) is 17.7. The normalized spacial score (nSPS) is 12.9. The molecule has 0 heterocycles. The summed E-state index contributed by atoms with van der Waals surface area (Å²) in [6.07, 6.45) is 3.38. The first-order valence-electron chi connectivity index (χ1n) is 7.31. The summed E-state index contributed by atoms with van der Waals surface area (Å²) >= 11 is -0.556. The van der Waals surface area contributed by atoms with Crippen LogP contribution in [-0.2, 0) is 28.9 Å². The van der Waals surface area contributed by atoms with Gasteiger partial charge < -0.3 is 0 Å². The van der Waals surface area contributed by atoms with Crippen molar-refractivity contribution in [1.82, 2.24) is 0 Å². The molecule has 1 aliphatic carbocycles. The summed E-state index contributed by atoms with van der Waals surface area (Å²) in [5, 5.41) is 0. The number of hydrogen-bond donors (Lipinski definition) is 0. The molecule has 0 fully saturated rings. The van der Waals surface area contributed by atoms with Crippen molar-refractivity contribution in [3.63, 3.8) is 0 Å². The fourth-order valence-corrected chi connectivity index (χ4v) is 2.65. The first-order valence-corrected chi connectivity index (χ1v) is 11.6. The average Bonchev–Trinajstić information content (AvgIpc) is 2.91. The van der Waals surface area contributed by atoms with E-state index in [1.807, 2.05) is 0 Å². The van der Waals surface area contributed by atoms with Gasteiger partial charge in [-0.2, -0.15) is 0 Å². The molecular weight excluding hydrogens is 347 g/mol. The van der Waals surface area contributed by atoms with Crippen LogP contribution in [0.5, 0.6) is 0 Å². The van der Waals surface area contributed by atoms with E-state index < -0.39 is 17.0 Å². The summed E-state index contributed by atoms with van der Waals surface area (Å²) in [4.78, 5) is 0.